The summed E-state index contributed by atoms with van der Waals surface area (Å²) in [6, 6.07) is 0. The smallest absolute Gasteiger partial charge is 0.232 e. The average Bonchev–Trinajstić information content (AvgIpc) is 2.86. The SMILES string of the molecule is CCOC(CC)(CC)c1noc(C(CC)C(C)O)n1. The molecule has 19 heavy (non-hydrogen) atoms. The summed E-state index contributed by atoms with van der Waals surface area (Å²) in [5.74, 6) is 0.973. The molecule has 0 spiro atoms. The summed E-state index contributed by atoms with van der Waals surface area (Å²) >= 11 is 0. The van der Waals surface area contributed by atoms with E-state index in [1.54, 1.807) is 6.92 Å². The normalized spacial score (nSPS) is 15.5. The highest BCUT2D eigenvalue weighted by Gasteiger charge is 2.35. The van der Waals surface area contributed by atoms with Crippen molar-refractivity contribution >= 4 is 0 Å². The lowest BCUT2D eigenvalue weighted by molar-refractivity contribution is -0.0583. The topological polar surface area (TPSA) is 68.4 Å². The van der Waals surface area contributed by atoms with Gasteiger partial charge >= 0.3 is 0 Å². The third-order valence-corrected chi connectivity index (χ3v) is 3.75. The zero-order valence-electron chi connectivity index (χ0n) is 12.6. The van der Waals surface area contributed by atoms with Gasteiger partial charge in [0.25, 0.3) is 0 Å². The second-order valence-corrected chi connectivity index (χ2v) is 4.85. The lowest BCUT2D eigenvalue weighted by atomic mass is 9.96. The zero-order chi connectivity index (χ0) is 14.5. The predicted octanol–water partition coefficient (Wildman–Crippen LogP) is 3.00. The number of rotatable bonds is 8. The fourth-order valence-corrected chi connectivity index (χ4v) is 2.40. The van der Waals surface area contributed by atoms with Crippen LogP contribution < -0.4 is 0 Å². The van der Waals surface area contributed by atoms with E-state index in [4.69, 9.17) is 9.26 Å². The molecule has 1 aromatic rings. The Morgan fingerprint density at radius 2 is 1.89 bits per heavy atom. The Morgan fingerprint density at radius 3 is 2.32 bits per heavy atom. The molecule has 0 bridgehead atoms. The van der Waals surface area contributed by atoms with Gasteiger partial charge in [0.2, 0.25) is 11.7 Å². The molecule has 0 radical (unpaired) electrons. The van der Waals surface area contributed by atoms with Crippen molar-refractivity contribution in [3.05, 3.63) is 11.7 Å². The highest BCUT2D eigenvalue weighted by atomic mass is 16.5. The molecule has 0 aromatic carbocycles. The highest BCUT2D eigenvalue weighted by molar-refractivity contribution is 5.04. The summed E-state index contributed by atoms with van der Waals surface area (Å²) in [6.45, 7) is 10.4. The second kappa shape index (κ2) is 7.01. The first kappa shape index (κ1) is 16.1. The lowest BCUT2D eigenvalue weighted by Gasteiger charge is -2.27. The standard InChI is InChI=1S/C14H26N2O3/c1-6-11(10(5)17)12-15-13(16-19-12)14(7-2,8-3)18-9-4/h10-11,17H,6-9H2,1-5H3. The van der Waals surface area contributed by atoms with Crippen molar-refractivity contribution in [2.24, 2.45) is 0 Å². The summed E-state index contributed by atoms with van der Waals surface area (Å²) < 4.78 is 11.2. The summed E-state index contributed by atoms with van der Waals surface area (Å²) in [7, 11) is 0. The van der Waals surface area contributed by atoms with Crippen molar-refractivity contribution in [1.29, 1.82) is 0 Å². The zero-order valence-corrected chi connectivity index (χ0v) is 12.6. The molecule has 0 saturated carbocycles. The quantitative estimate of drug-likeness (QED) is 0.786. The van der Waals surface area contributed by atoms with Gasteiger partial charge < -0.3 is 14.4 Å². The van der Waals surface area contributed by atoms with Crippen LogP contribution in [0.3, 0.4) is 0 Å². The Hall–Kier alpha value is -0.940. The highest BCUT2D eigenvalue weighted by Crippen LogP contribution is 2.32. The number of aromatic nitrogens is 2. The minimum absolute atomic E-state index is 0.116. The Bertz CT molecular complexity index is 373. The molecule has 5 heteroatoms. The third kappa shape index (κ3) is 3.34. The number of hydrogen-bond acceptors (Lipinski definition) is 5. The van der Waals surface area contributed by atoms with Crippen LogP contribution in [0.1, 0.15) is 71.5 Å². The van der Waals surface area contributed by atoms with Gasteiger partial charge in [-0.05, 0) is 33.1 Å². The number of aliphatic hydroxyl groups excluding tert-OH is 1. The summed E-state index contributed by atoms with van der Waals surface area (Å²) in [6.07, 6.45) is 1.85. The van der Waals surface area contributed by atoms with Crippen LogP contribution in [0.2, 0.25) is 0 Å². The van der Waals surface area contributed by atoms with E-state index in [9.17, 15) is 5.11 Å². The van der Waals surface area contributed by atoms with E-state index >= 15 is 0 Å². The first-order valence-electron chi connectivity index (χ1n) is 7.20. The lowest BCUT2D eigenvalue weighted by Crippen LogP contribution is -2.30. The Kier molecular flexibility index (Phi) is 5.94. The van der Waals surface area contributed by atoms with Crippen LogP contribution in [0.25, 0.3) is 0 Å². The van der Waals surface area contributed by atoms with Gasteiger partial charge in [0.1, 0.15) is 5.60 Å². The van der Waals surface area contributed by atoms with Crippen molar-refractivity contribution in [3.8, 4) is 0 Å². The molecule has 5 nitrogen and oxygen atoms in total. The Labute approximate surface area is 115 Å². The maximum Gasteiger partial charge on any atom is 0.232 e. The molecule has 0 fully saturated rings. The number of aliphatic hydroxyl groups is 1. The van der Waals surface area contributed by atoms with Gasteiger partial charge in [-0.1, -0.05) is 25.9 Å². The molecule has 1 N–H and O–H groups in total. The van der Waals surface area contributed by atoms with Gasteiger partial charge in [-0.2, -0.15) is 4.98 Å². The second-order valence-electron chi connectivity index (χ2n) is 4.85. The van der Waals surface area contributed by atoms with Crippen LogP contribution in [-0.4, -0.2) is 28.0 Å². The van der Waals surface area contributed by atoms with Gasteiger partial charge in [0.05, 0.1) is 12.0 Å². The van der Waals surface area contributed by atoms with Gasteiger partial charge in [0.15, 0.2) is 0 Å². The molecule has 0 aliphatic carbocycles. The fourth-order valence-electron chi connectivity index (χ4n) is 2.40. The van der Waals surface area contributed by atoms with Gasteiger partial charge in [-0.15, -0.1) is 0 Å². The molecule has 0 saturated heterocycles. The summed E-state index contributed by atoms with van der Waals surface area (Å²) in [5, 5.41) is 13.8. The van der Waals surface area contributed by atoms with E-state index in [0.717, 1.165) is 19.3 Å². The van der Waals surface area contributed by atoms with Crippen LogP contribution in [-0.2, 0) is 10.3 Å². The van der Waals surface area contributed by atoms with Crippen molar-refractivity contribution < 1.29 is 14.4 Å². The Balaban J connectivity index is 3.05. The monoisotopic (exact) mass is 270 g/mol. The summed E-state index contributed by atoms with van der Waals surface area (Å²) in [4.78, 5) is 4.47. The van der Waals surface area contributed by atoms with E-state index < -0.39 is 11.7 Å². The number of hydrogen-bond donors (Lipinski definition) is 1. The van der Waals surface area contributed by atoms with Crippen molar-refractivity contribution in [1.82, 2.24) is 10.1 Å². The van der Waals surface area contributed by atoms with Crippen molar-refractivity contribution in [2.45, 2.75) is 71.5 Å². The first-order chi connectivity index (χ1) is 9.04. The first-order valence-corrected chi connectivity index (χ1v) is 7.20. The third-order valence-electron chi connectivity index (χ3n) is 3.75. The predicted molar refractivity (Wildman–Crippen MR) is 72.9 cm³/mol. The minimum Gasteiger partial charge on any atom is -0.393 e. The van der Waals surface area contributed by atoms with E-state index in [-0.39, 0.29) is 5.92 Å². The van der Waals surface area contributed by atoms with E-state index in [1.165, 1.54) is 0 Å². The number of ether oxygens (including phenoxy) is 1. The van der Waals surface area contributed by atoms with Crippen LogP contribution in [0.15, 0.2) is 4.52 Å². The van der Waals surface area contributed by atoms with Crippen LogP contribution in [0.5, 0.6) is 0 Å². The molecule has 0 amide bonds. The van der Waals surface area contributed by atoms with Gasteiger partial charge in [-0.3, -0.25) is 0 Å². The maximum atomic E-state index is 9.74. The van der Waals surface area contributed by atoms with E-state index in [0.29, 0.717) is 18.3 Å². The van der Waals surface area contributed by atoms with Crippen LogP contribution >= 0.6 is 0 Å². The Morgan fingerprint density at radius 1 is 1.26 bits per heavy atom. The molecular formula is C14H26N2O3. The minimum atomic E-state index is -0.497. The van der Waals surface area contributed by atoms with Gasteiger partial charge in [0, 0.05) is 6.61 Å². The molecule has 1 heterocycles. The number of nitrogens with zero attached hydrogens (tertiary/aromatic N) is 2. The molecule has 110 valence electrons. The van der Waals surface area contributed by atoms with Crippen LogP contribution in [0, 0.1) is 0 Å². The van der Waals surface area contributed by atoms with E-state index in [1.807, 2.05) is 13.8 Å². The van der Waals surface area contributed by atoms with Gasteiger partial charge in [-0.25, -0.2) is 0 Å². The summed E-state index contributed by atoms with van der Waals surface area (Å²) in [5.41, 5.74) is -0.479. The molecule has 2 unspecified atom stereocenters. The fraction of sp³-hybridized carbons (Fsp3) is 0.857. The van der Waals surface area contributed by atoms with Crippen LogP contribution in [0.4, 0.5) is 0 Å². The molecule has 2 atom stereocenters. The molecule has 1 aromatic heterocycles. The molecule has 1 rings (SSSR count). The van der Waals surface area contributed by atoms with E-state index in [2.05, 4.69) is 24.0 Å². The van der Waals surface area contributed by atoms with Crippen molar-refractivity contribution in [3.63, 3.8) is 0 Å². The molecular weight excluding hydrogens is 244 g/mol. The molecule has 0 aliphatic rings. The largest absolute Gasteiger partial charge is 0.393 e. The maximum absolute atomic E-state index is 9.74. The van der Waals surface area contributed by atoms with Crippen molar-refractivity contribution in [2.75, 3.05) is 6.61 Å². The molecule has 0 aliphatic heterocycles. The average molecular weight is 270 g/mol.